The molecule has 0 radical (unpaired) electrons. The fourth-order valence-electron chi connectivity index (χ4n) is 0.980. The average molecular weight is 260 g/mol. The number of carboxylic acids is 1. The van der Waals surface area contributed by atoms with Gasteiger partial charge in [-0.3, -0.25) is 4.79 Å². The minimum absolute atomic E-state index is 0.174. The van der Waals surface area contributed by atoms with Gasteiger partial charge in [-0.1, -0.05) is 0 Å². The third-order valence-corrected chi connectivity index (χ3v) is 2.16. The van der Waals surface area contributed by atoms with Gasteiger partial charge >= 0.3 is 5.97 Å². The van der Waals surface area contributed by atoms with E-state index in [1.807, 2.05) is 0 Å². The molecule has 76 valence electrons. The number of rotatable bonds is 3. The second-order valence-corrected chi connectivity index (χ2v) is 3.76. The van der Waals surface area contributed by atoms with Crippen molar-refractivity contribution >= 4 is 27.7 Å². The molecule has 0 saturated heterocycles. The van der Waals surface area contributed by atoms with Crippen molar-refractivity contribution in [3.63, 3.8) is 0 Å². The van der Waals surface area contributed by atoms with Gasteiger partial charge in [-0.25, -0.2) is 4.98 Å². The quantitative estimate of drug-likeness (QED) is 0.729. The molecular formula is C8H10BrN3O2. The number of hydrogen-bond acceptors (Lipinski definition) is 4. The van der Waals surface area contributed by atoms with Crippen LogP contribution < -0.4 is 11.5 Å². The molecule has 0 aliphatic heterocycles. The van der Waals surface area contributed by atoms with Gasteiger partial charge in [0, 0.05) is 17.1 Å². The van der Waals surface area contributed by atoms with Gasteiger partial charge in [-0.2, -0.15) is 0 Å². The minimum Gasteiger partial charge on any atom is -0.480 e. The minimum atomic E-state index is -1.05. The zero-order chi connectivity index (χ0) is 10.7. The van der Waals surface area contributed by atoms with Crippen molar-refractivity contribution in [2.75, 3.05) is 5.73 Å². The molecule has 1 atom stereocenters. The first-order valence-electron chi connectivity index (χ1n) is 3.89. The van der Waals surface area contributed by atoms with E-state index < -0.39 is 12.0 Å². The zero-order valence-corrected chi connectivity index (χ0v) is 8.86. The van der Waals surface area contributed by atoms with E-state index in [2.05, 4.69) is 20.9 Å². The largest absolute Gasteiger partial charge is 0.480 e. The van der Waals surface area contributed by atoms with Crippen molar-refractivity contribution in [3.8, 4) is 0 Å². The third kappa shape index (κ3) is 2.68. The van der Waals surface area contributed by atoms with Crippen LogP contribution in [0, 0.1) is 0 Å². The number of pyridine rings is 1. The summed E-state index contributed by atoms with van der Waals surface area (Å²) in [5.74, 6) is -0.741. The zero-order valence-electron chi connectivity index (χ0n) is 7.27. The van der Waals surface area contributed by atoms with E-state index in [1.54, 1.807) is 12.3 Å². The molecule has 1 aromatic heterocycles. The molecular weight excluding hydrogens is 250 g/mol. The molecule has 0 amide bonds. The Balaban J connectivity index is 2.85. The van der Waals surface area contributed by atoms with Crippen molar-refractivity contribution in [2.45, 2.75) is 12.5 Å². The molecule has 0 aliphatic rings. The number of nitrogens with two attached hydrogens (primary N) is 2. The smallest absolute Gasteiger partial charge is 0.320 e. The van der Waals surface area contributed by atoms with Crippen molar-refractivity contribution in [1.82, 2.24) is 4.98 Å². The summed E-state index contributed by atoms with van der Waals surface area (Å²) in [6.07, 6.45) is 1.72. The highest BCUT2D eigenvalue weighted by Crippen LogP contribution is 2.16. The second kappa shape index (κ2) is 4.39. The first kappa shape index (κ1) is 10.9. The highest BCUT2D eigenvalue weighted by Gasteiger charge is 2.14. The van der Waals surface area contributed by atoms with Crippen LogP contribution >= 0.6 is 15.9 Å². The first-order chi connectivity index (χ1) is 6.50. The number of nitrogens with zero attached hydrogens (tertiary/aromatic N) is 1. The van der Waals surface area contributed by atoms with E-state index in [9.17, 15) is 4.79 Å². The lowest BCUT2D eigenvalue weighted by atomic mass is 10.1. The second-order valence-electron chi connectivity index (χ2n) is 2.85. The molecule has 14 heavy (non-hydrogen) atoms. The van der Waals surface area contributed by atoms with E-state index in [1.165, 1.54) is 0 Å². The Morgan fingerprint density at radius 3 is 2.93 bits per heavy atom. The molecule has 0 bridgehead atoms. The number of halogens is 1. The van der Waals surface area contributed by atoms with Crippen LogP contribution in [0.3, 0.4) is 0 Å². The van der Waals surface area contributed by atoms with E-state index in [0.717, 1.165) is 4.47 Å². The van der Waals surface area contributed by atoms with E-state index in [-0.39, 0.29) is 6.42 Å². The highest BCUT2D eigenvalue weighted by atomic mass is 79.9. The number of hydrogen-bond donors (Lipinski definition) is 3. The van der Waals surface area contributed by atoms with Gasteiger partial charge in [0.15, 0.2) is 0 Å². The molecule has 1 heterocycles. The summed E-state index contributed by atoms with van der Waals surface area (Å²) in [6.45, 7) is 0. The van der Waals surface area contributed by atoms with Gasteiger partial charge in [0.2, 0.25) is 0 Å². The summed E-state index contributed by atoms with van der Waals surface area (Å²) in [5, 5.41) is 8.61. The van der Waals surface area contributed by atoms with E-state index in [4.69, 9.17) is 16.6 Å². The first-order valence-corrected chi connectivity index (χ1v) is 4.68. The van der Waals surface area contributed by atoms with Gasteiger partial charge in [0.05, 0.1) is 0 Å². The molecule has 0 fully saturated rings. The molecule has 0 aliphatic carbocycles. The summed E-state index contributed by atoms with van der Waals surface area (Å²) >= 11 is 3.22. The van der Waals surface area contributed by atoms with Gasteiger partial charge in [-0.05, 0) is 27.6 Å². The molecule has 0 spiro atoms. The van der Waals surface area contributed by atoms with Crippen LogP contribution in [0.4, 0.5) is 5.82 Å². The summed E-state index contributed by atoms with van der Waals surface area (Å²) in [6, 6.07) is 0.763. The maximum absolute atomic E-state index is 10.5. The average Bonchev–Trinajstić information content (AvgIpc) is 2.11. The Labute approximate surface area is 89.2 Å². The van der Waals surface area contributed by atoms with Crippen LogP contribution in [0.1, 0.15) is 5.56 Å². The highest BCUT2D eigenvalue weighted by molar-refractivity contribution is 9.10. The predicted molar refractivity (Wildman–Crippen MR) is 55.7 cm³/mol. The number of carbonyl (C=O) groups is 1. The molecule has 1 unspecified atom stereocenters. The summed E-state index contributed by atoms with van der Waals surface area (Å²) in [4.78, 5) is 14.4. The van der Waals surface area contributed by atoms with Crippen LogP contribution in [0.2, 0.25) is 0 Å². The fraction of sp³-hybridized carbons (Fsp3) is 0.250. The van der Waals surface area contributed by atoms with Crippen LogP contribution in [-0.4, -0.2) is 22.1 Å². The van der Waals surface area contributed by atoms with E-state index in [0.29, 0.717) is 11.4 Å². The van der Waals surface area contributed by atoms with Crippen LogP contribution in [0.15, 0.2) is 16.7 Å². The Bertz CT molecular complexity index is 356. The number of aromatic nitrogens is 1. The standard InChI is InChI=1S/C8H10BrN3O2/c9-5-1-4(7(11)12-3-5)2-6(10)8(13)14/h1,3,6H,2,10H2,(H2,11,12)(H,13,14). The molecule has 6 heteroatoms. The summed E-state index contributed by atoms with van der Waals surface area (Å²) in [5.41, 5.74) is 11.6. The van der Waals surface area contributed by atoms with Gasteiger partial charge in [0.1, 0.15) is 11.9 Å². The SMILES string of the molecule is Nc1ncc(Br)cc1CC(N)C(=O)O. The van der Waals surface area contributed by atoms with E-state index >= 15 is 0 Å². The van der Waals surface area contributed by atoms with Gasteiger partial charge in [-0.15, -0.1) is 0 Å². The molecule has 5 nitrogen and oxygen atoms in total. The lowest BCUT2D eigenvalue weighted by Gasteiger charge is -2.08. The number of anilines is 1. The van der Waals surface area contributed by atoms with Crippen molar-refractivity contribution in [1.29, 1.82) is 0 Å². The molecule has 1 aromatic rings. The lowest BCUT2D eigenvalue weighted by Crippen LogP contribution is -2.32. The van der Waals surface area contributed by atoms with Crippen molar-refractivity contribution in [3.05, 3.63) is 22.3 Å². The van der Waals surface area contributed by atoms with Gasteiger partial charge < -0.3 is 16.6 Å². The van der Waals surface area contributed by atoms with Crippen LogP contribution in [0.25, 0.3) is 0 Å². The lowest BCUT2D eigenvalue weighted by molar-refractivity contribution is -0.138. The summed E-state index contributed by atoms with van der Waals surface area (Å²) < 4.78 is 0.749. The van der Waals surface area contributed by atoms with Crippen LogP contribution in [0.5, 0.6) is 0 Å². The fourth-order valence-corrected chi connectivity index (χ4v) is 1.36. The predicted octanol–water partition coefficient (Wildman–Crippen LogP) is 0.381. The normalized spacial score (nSPS) is 12.4. The van der Waals surface area contributed by atoms with Gasteiger partial charge in [0.25, 0.3) is 0 Å². The number of carboxylic acid groups (broad SMARTS) is 1. The Morgan fingerprint density at radius 2 is 2.36 bits per heavy atom. The Kier molecular flexibility index (Phi) is 3.43. The maximum atomic E-state index is 10.5. The monoisotopic (exact) mass is 259 g/mol. The molecule has 0 aromatic carbocycles. The Hall–Kier alpha value is -1.14. The topological polar surface area (TPSA) is 102 Å². The molecule has 0 saturated carbocycles. The third-order valence-electron chi connectivity index (χ3n) is 1.73. The number of nitrogen functional groups attached to an aromatic ring is 1. The molecule has 1 rings (SSSR count). The molecule has 5 N–H and O–H groups in total. The van der Waals surface area contributed by atoms with Crippen LogP contribution in [-0.2, 0) is 11.2 Å². The summed E-state index contributed by atoms with van der Waals surface area (Å²) in [7, 11) is 0. The van der Waals surface area contributed by atoms with Crippen molar-refractivity contribution < 1.29 is 9.90 Å². The maximum Gasteiger partial charge on any atom is 0.320 e. The van der Waals surface area contributed by atoms with Crippen molar-refractivity contribution in [2.24, 2.45) is 5.73 Å². The number of aliphatic carboxylic acids is 1. The Morgan fingerprint density at radius 1 is 1.71 bits per heavy atom.